The number of carbonyl (C=O) groups is 1. The fraction of sp³-hybridized carbons (Fsp3) is 0.286. The van der Waals surface area contributed by atoms with Gasteiger partial charge in [0.25, 0.3) is 0 Å². The highest BCUT2D eigenvalue weighted by Crippen LogP contribution is 2.40. The van der Waals surface area contributed by atoms with E-state index in [0.29, 0.717) is 23.8 Å². The highest BCUT2D eigenvalue weighted by Gasteiger charge is 2.14. The van der Waals surface area contributed by atoms with Crippen LogP contribution in [-0.4, -0.2) is 39.2 Å². The van der Waals surface area contributed by atoms with E-state index in [9.17, 15) is 4.79 Å². The van der Waals surface area contributed by atoms with Crippen LogP contribution in [0.15, 0.2) is 42.5 Å². The minimum Gasteiger partial charge on any atom is -0.493 e. The van der Waals surface area contributed by atoms with Gasteiger partial charge in [0.15, 0.2) is 11.5 Å². The minimum atomic E-state index is -0.0950. The van der Waals surface area contributed by atoms with Crippen molar-refractivity contribution in [2.75, 3.05) is 28.4 Å². The standard InChI is InChI=1S/C21H25NO4/c1-15-6-8-16(9-7-15)14-22(2)19(23)13-11-17-10-12-18(24-3)21(26-5)20(17)25-4/h6-13H,14H2,1-5H3/b13-11+. The third-order valence-electron chi connectivity index (χ3n) is 4.06. The monoisotopic (exact) mass is 355 g/mol. The van der Waals surface area contributed by atoms with Gasteiger partial charge < -0.3 is 19.1 Å². The third kappa shape index (κ3) is 4.57. The first kappa shape index (κ1) is 19.4. The molecule has 138 valence electrons. The fourth-order valence-corrected chi connectivity index (χ4v) is 2.59. The first-order valence-electron chi connectivity index (χ1n) is 8.27. The van der Waals surface area contributed by atoms with Gasteiger partial charge in [0.05, 0.1) is 21.3 Å². The molecule has 0 aliphatic carbocycles. The van der Waals surface area contributed by atoms with E-state index in [1.807, 2.05) is 37.3 Å². The van der Waals surface area contributed by atoms with Crippen LogP contribution < -0.4 is 14.2 Å². The van der Waals surface area contributed by atoms with E-state index in [4.69, 9.17) is 14.2 Å². The molecule has 0 radical (unpaired) electrons. The number of likely N-dealkylation sites (N-methyl/N-ethyl adjacent to an activating group) is 1. The second-order valence-electron chi connectivity index (χ2n) is 5.94. The third-order valence-corrected chi connectivity index (χ3v) is 4.06. The Morgan fingerprint density at radius 3 is 2.19 bits per heavy atom. The lowest BCUT2D eigenvalue weighted by Gasteiger charge is -2.16. The molecule has 0 aliphatic heterocycles. The maximum Gasteiger partial charge on any atom is 0.246 e. The molecule has 2 aromatic rings. The van der Waals surface area contributed by atoms with Gasteiger partial charge in [-0.25, -0.2) is 0 Å². The average molecular weight is 355 g/mol. The number of aryl methyl sites for hydroxylation is 1. The molecule has 0 saturated heterocycles. The molecule has 2 aromatic carbocycles. The Morgan fingerprint density at radius 1 is 0.962 bits per heavy atom. The largest absolute Gasteiger partial charge is 0.493 e. The molecule has 5 heteroatoms. The van der Waals surface area contributed by atoms with Crippen molar-refractivity contribution in [3.8, 4) is 17.2 Å². The molecule has 0 aliphatic rings. The van der Waals surface area contributed by atoms with Gasteiger partial charge >= 0.3 is 0 Å². The highest BCUT2D eigenvalue weighted by molar-refractivity contribution is 5.92. The Kier molecular flexibility index (Phi) is 6.67. The predicted octanol–water partition coefficient (Wildman–Crippen LogP) is 3.69. The zero-order valence-electron chi connectivity index (χ0n) is 15.9. The van der Waals surface area contributed by atoms with Crippen LogP contribution in [0.5, 0.6) is 17.2 Å². The summed E-state index contributed by atoms with van der Waals surface area (Å²) < 4.78 is 16.1. The lowest BCUT2D eigenvalue weighted by molar-refractivity contribution is -0.125. The Balaban J connectivity index is 2.15. The van der Waals surface area contributed by atoms with Crippen molar-refractivity contribution in [1.29, 1.82) is 0 Å². The van der Waals surface area contributed by atoms with E-state index in [1.54, 1.807) is 45.4 Å². The summed E-state index contributed by atoms with van der Waals surface area (Å²) in [4.78, 5) is 14.1. The van der Waals surface area contributed by atoms with Gasteiger partial charge in [-0.05, 0) is 30.7 Å². The van der Waals surface area contributed by atoms with Gasteiger partial charge in [0.2, 0.25) is 11.7 Å². The van der Waals surface area contributed by atoms with Crippen molar-refractivity contribution in [1.82, 2.24) is 4.90 Å². The SMILES string of the molecule is COc1ccc(/C=C/C(=O)N(C)Cc2ccc(C)cc2)c(OC)c1OC. The summed E-state index contributed by atoms with van der Waals surface area (Å²) in [6, 6.07) is 11.7. The van der Waals surface area contributed by atoms with Crippen LogP contribution >= 0.6 is 0 Å². The molecule has 0 heterocycles. The highest BCUT2D eigenvalue weighted by atomic mass is 16.5. The number of benzene rings is 2. The van der Waals surface area contributed by atoms with Gasteiger partial charge in [0.1, 0.15) is 0 Å². The minimum absolute atomic E-state index is 0.0950. The number of hydrogen-bond donors (Lipinski definition) is 0. The zero-order valence-corrected chi connectivity index (χ0v) is 15.9. The fourth-order valence-electron chi connectivity index (χ4n) is 2.59. The number of methoxy groups -OCH3 is 3. The summed E-state index contributed by atoms with van der Waals surface area (Å²) in [6.45, 7) is 2.59. The van der Waals surface area contributed by atoms with Crippen molar-refractivity contribution in [2.45, 2.75) is 13.5 Å². The molecule has 0 unspecified atom stereocenters. The van der Waals surface area contributed by atoms with Gasteiger partial charge in [-0.3, -0.25) is 4.79 Å². The zero-order chi connectivity index (χ0) is 19.1. The number of hydrogen-bond acceptors (Lipinski definition) is 4. The number of carbonyl (C=O) groups excluding carboxylic acids is 1. The second-order valence-corrected chi connectivity index (χ2v) is 5.94. The quantitative estimate of drug-likeness (QED) is 0.711. The van der Waals surface area contributed by atoms with Crippen LogP contribution in [0.3, 0.4) is 0 Å². The molecule has 0 atom stereocenters. The van der Waals surface area contributed by atoms with E-state index in [0.717, 1.165) is 11.1 Å². The smallest absolute Gasteiger partial charge is 0.246 e. The van der Waals surface area contributed by atoms with Crippen molar-refractivity contribution in [3.05, 3.63) is 59.2 Å². The Bertz CT molecular complexity index is 781. The number of nitrogens with zero attached hydrogens (tertiary/aromatic N) is 1. The molecular formula is C21H25NO4. The van der Waals surface area contributed by atoms with Crippen LogP contribution in [0.1, 0.15) is 16.7 Å². The van der Waals surface area contributed by atoms with E-state index in [-0.39, 0.29) is 5.91 Å². The second kappa shape index (κ2) is 8.94. The van der Waals surface area contributed by atoms with E-state index < -0.39 is 0 Å². The van der Waals surface area contributed by atoms with Gasteiger partial charge in [-0.1, -0.05) is 29.8 Å². The van der Waals surface area contributed by atoms with Crippen molar-refractivity contribution < 1.29 is 19.0 Å². The first-order valence-corrected chi connectivity index (χ1v) is 8.27. The molecule has 5 nitrogen and oxygen atoms in total. The van der Waals surface area contributed by atoms with Crippen molar-refractivity contribution in [2.24, 2.45) is 0 Å². The van der Waals surface area contributed by atoms with Gasteiger partial charge in [-0.15, -0.1) is 0 Å². The summed E-state index contributed by atoms with van der Waals surface area (Å²) in [5.41, 5.74) is 3.02. The molecule has 26 heavy (non-hydrogen) atoms. The summed E-state index contributed by atoms with van der Waals surface area (Å²) in [5.74, 6) is 1.50. The first-order chi connectivity index (χ1) is 12.5. The normalized spacial score (nSPS) is 10.7. The molecule has 0 fully saturated rings. The van der Waals surface area contributed by atoms with E-state index in [1.165, 1.54) is 11.6 Å². The van der Waals surface area contributed by atoms with Crippen LogP contribution in [0.2, 0.25) is 0 Å². The predicted molar refractivity (Wildman–Crippen MR) is 103 cm³/mol. The molecule has 0 saturated carbocycles. The van der Waals surface area contributed by atoms with E-state index in [2.05, 4.69) is 0 Å². The molecule has 0 spiro atoms. The number of rotatable bonds is 7. The molecule has 1 amide bonds. The summed E-state index contributed by atoms with van der Waals surface area (Å²) in [5, 5.41) is 0. The Labute approximate surface area is 154 Å². The van der Waals surface area contributed by atoms with Gasteiger partial charge in [-0.2, -0.15) is 0 Å². The van der Waals surface area contributed by atoms with Crippen molar-refractivity contribution >= 4 is 12.0 Å². The molecular weight excluding hydrogens is 330 g/mol. The molecule has 0 aromatic heterocycles. The topological polar surface area (TPSA) is 48.0 Å². The van der Waals surface area contributed by atoms with Gasteiger partial charge in [0, 0.05) is 25.2 Å². The lowest BCUT2D eigenvalue weighted by atomic mass is 10.1. The van der Waals surface area contributed by atoms with Crippen LogP contribution in [-0.2, 0) is 11.3 Å². The molecule has 2 rings (SSSR count). The molecule has 0 N–H and O–H groups in total. The van der Waals surface area contributed by atoms with Crippen molar-refractivity contribution in [3.63, 3.8) is 0 Å². The van der Waals surface area contributed by atoms with Crippen LogP contribution in [0.25, 0.3) is 6.08 Å². The number of amides is 1. The molecule has 0 bridgehead atoms. The summed E-state index contributed by atoms with van der Waals surface area (Å²) in [7, 11) is 6.45. The Morgan fingerprint density at radius 2 is 1.62 bits per heavy atom. The summed E-state index contributed by atoms with van der Waals surface area (Å²) >= 11 is 0. The van der Waals surface area contributed by atoms with Crippen LogP contribution in [0.4, 0.5) is 0 Å². The number of ether oxygens (including phenoxy) is 3. The summed E-state index contributed by atoms with van der Waals surface area (Å²) in [6.07, 6.45) is 3.24. The average Bonchev–Trinajstić information content (AvgIpc) is 2.66. The Hall–Kier alpha value is -2.95. The van der Waals surface area contributed by atoms with E-state index >= 15 is 0 Å². The lowest BCUT2D eigenvalue weighted by Crippen LogP contribution is -2.24. The maximum absolute atomic E-state index is 12.4. The van der Waals surface area contributed by atoms with Crippen LogP contribution in [0, 0.1) is 6.92 Å². The maximum atomic E-state index is 12.4.